The Morgan fingerprint density at radius 2 is 1.69 bits per heavy atom. The van der Waals surface area contributed by atoms with E-state index in [9.17, 15) is 14.9 Å². The fourth-order valence-electron chi connectivity index (χ4n) is 3.71. The van der Waals surface area contributed by atoms with Crippen LogP contribution in [0.2, 0.25) is 0 Å². The third-order valence-electron chi connectivity index (χ3n) is 5.27. The van der Waals surface area contributed by atoms with Gasteiger partial charge in [-0.2, -0.15) is 0 Å². The van der Waals surface area contributed by atoms with E-state index in [0.29, 0.717) is 17.3 Å². The van der Waals surface area contributed by atoms with Crippen LogP contribution in [0.15, 0.2) is 54.6 Å². The number of aromatic nitrogens is 2. The molecule has 32 heavy (non-hydrogen) atoms. The molecule has 4 rings (SSSR count). The second-order valence-electron chi connectivity index (χ2n) is 7.64. The summed E-state index contributed by atoms with van der Waals surface area (Å²) in [6, 6.07) is 14.9. The van der Waals surface area contributed by atoms with Crippen molar-refractivity contribution in [2.24, 2.45) is 0 Å². The van der Waals surface area contributed by atoms with Gasteiger partial charge in [0, 0.05) is 36.6 Å². The Labute approximate surface area is 185 Å². The molecular weight excluding hydrogens is 408 g/mol. The molecule has 2 heterocycles. The van der Waals surface area contributed by atoms with Crippen LogP contribution in [0.1, 0.15) is 35.4 Å². The lowest BCUT2D eigenvalue weighted by atomic mass is 10.1. The number of carbonyl (C=O) groups excluding carboxylic acids is 1. The maximum Gasteiger partial charge on any atom is 0.282 e. The van der Waals surface area contributed by atoms with E-state index in [1.165, 1.54) is 37.5 Å². The normalized spacial score (nSPS) is 13.5. The molecule has 0 spiro atoms. The molecule has 9 heteroatoms. The standard InChI is InChI=1S/C23H24N6O3/c1-16-24-21(15-22(25-16)28-13-5-2-6-14-28)26-17-9-11-18(12-10-17)27-23(30)19-7-3-4-8-20(19)29(31)32/h3-4,7-12,15H,2,5-6,13-14H2,1H3,(H,27,30)(H,24,25,26). The van der Waals surface area contributed by atoms with Gasteiger partial charge in [-0.3, -0.25) is 14.9 Å². The Bertz CT molecular complexity index is 1130. The summed E-state index contributed by atoms with van der Waals surface area (Å²) in [4.78, 5) is 34.4. The molecule has 0 atom stereocenters. The summed E-state index contributed by atoms with van der Waals surface area (Å²) < 4.78 is 0. The number of carbonyl (C=O) groups is 1. The highest BCUT2D eigenvalue weighted by atomic mass is 16.6. The second-order valence-corrected chi connectivity index (χ2v) is 7.64. The van der Waals surface area contributed by atoms with E-state index in [4.69, 9.17) is 0 Å². The Hall–Kier alpha value is -4.01. The smallest absolute Gasteiger partial charge is 0.282 e. The Balaban J connectivity index is 1.45. The highest BCUT2D eigenvalue weighted by Gasteiger charge is 2.19. The second kappa shape index (κ2) is 9.42. The number of hydrogen-bond acceptors (Lipinski definition) is 7. The minimum atomic E-state index is -0.566. The fraction of sp³-hybridized carbons (Fsp3) is 0.261. The lowest BCUT2D eigenvalue weighted by Crippen LogP contribution is -2.30. The molecule has 1 aromatic heterocycles. The number of nitrogens with zero attached hydrogens (tertiary/aromatic N) is 4. The molecule has 0 aliphatic carbocycles. The molecule has 0 bridgehead atoms. The van der Waals surface area contributed by atoms with Crippen LogP contribution in [0, 0.1) is 17.0 Å². The van der Waals surface area contributed by atoms with E-state index in [-0.39, 0.29) is 11.3 Å². The Morgan fingerprint density at radius 3 is 2.41 bits per heavy atom. The lowest BCUT2D eigenvalue weighted by molar-refractivity contribution is -0.385. The molecule has 2 N–H and O–H groups in total. The highest BCUT2D eigenvalue weighted by molar-refractivity contribution is 6.07. The van der Waals surface area contributed by atoms with Crippen molar-refractivity contribution in [3.8, 4) is 0 Å². The van der Waals surface area contributed by atoms with Gasteiger partial charge in [0.05, 0.1) is 4.92 Å². The quantitative estimate of drug-likeness (QED) is 0.429. The van der Waals surface area contributed by atoms with E-state index in [1.807, 2.05) is 25.1 Å². The molecule has 0 saturated carbocycles. The Kier molecular flexibility index (Phi) is 6.25. The number of aryl methyl sites for hydroxylation is 1. The molecule has 1 aliphatic heterocycles. The van der Waals surface area contributed by atoms with E-state index in [2.05, 4.69) is 25.5 Å². The maximum absolute atomic E-state index is 12.5. The molecule has 1 aliphatic rings. The van der Waals surface area contributed by atoms with Gasteiger partial charge in [-0.1, -0.05) is 12.1 Å². The molecule has 0 radical (unpaired) electrons. The number of nitro benzene ring substituents is 1. The van der Waals surface area contributed by atoms with Gasteiger partial charge in [0.1, 0.15) is 23.0 Å². The number of hydrogen-bond donors (Lipinski definition) is 2. The van der Waals surface area contributed by atoms with Crippen molar-refractivity contribution in [3.63, 3.8) is 0 Å². The van der Waals surface area contributed by atoms with Crippen LogP contribution >= 0.6 is 0 Å². The SMILES string of the molecule is Cc1nc(Nc2ccc(NC(=O)c3ccccc3[N+](=O)[O-])cc2)cc(N2CCCCC2)n1. The highest BCUT2D eigenvalue weighted by Crippen LogP contribution is 2.24. The monoisotopic (exact) mass is 432 g/mol. The zero-order chi connectivity index (χ0) is 22.5. The van der Waals surface area contributed by atoms with Gasteiger partial charge in [0.15, 0.2) is 0 Å². The summed E-state index contributed by atoms with van der Waals surface area (Å²) in [6.07, 6.45) is 3.60. The summed E-state index contributed by atoms with van der Waals surface area (Å²) in [6.45, 7) is 3.88. The summed E-state index contributed by atoms with van der Waals surface area (Å²) in [5.41, 5.74) is 1.12. The van der Waals surface area contributed by atoms with Crippen molar-refractivity contribution in [3.05, 3.63) is 76.1 Å². The van der Waals surface area contributed by atoms with Gasteiger partial charge in [0.2, 0.25) is 0 Å². The third kappa shape index (κ3) is 5.00. The average Bonchev–Trinajstić information content (AvgIpc) is 2.80. The zero-order valence-corrected chi connectivity index (χ0v) is 17.7. The summed E-state index contributed by atoms with van der Waals surface area (Å²) in [7, 11) is 0. The molecular formula is C23H24N6O3. The van der Waals surface area contributed by atoms with Crippen molar-refractivity contribution in [1.82, 2.24) is 9.97 Å². The van der Waals surface area contributed by atoms with Crippen molar-refractivity contribution < 1.29 is 9.72 Å². The van der Waals surface area contributed by atoms with E-state index < -0.39 is 10.8 Å². The van der Waals surface area contributed by atoms with E-state index in [1.54, 1.807) is 18.2 Å². The molecule has 3 aromatic rings. The first-order valence-corrected chi connectivity index (χ1v) is 10.5. The fourth-order valence-corrected chi connectivity index (χ4v) is 3.71. The molecule has 1 fully saturated rings. The number of anilines is 4. The van der Waals surface area contributed by atoms with Gasteiger partial charge in [-0.15, -0.1) is 0 Å². The summed E-state index contributed by atoms with van der Waals surface area (Å²) in [5.74, 6) is 1.79. The lowest BCUT2D eigenvalue weighted by Gasteiger charge is -2.28. The van der Waals surface area contributed by atoms with Crippen molar-refractivity contribution in [2.45, 2.75) is 26.2 Å². The van der Waals surface area contributed by atoms with Gasteiger partial charge < -0.3 is 15.5 Å². The minimum absolute atomic E-state index is 0.0152. The number of piperidine rings is 1. The van der Waals surface area contributed by atoms with E-state index >= 15 is 0 Å². The molecule has 9 nitrogen and oxygen atoms in total. The van der Waals surface area contributed by atoms with Crippen LogP contribution in [0.3, 0.4) is 0 Å². The van der Waals surface area contributed by atoms with Crippen molar-refractivity contribution in [2.75, 3.05) is 28.6 Å². The van der Waals surface area contributed by atoms with Crippen molar-refractivity contribution in [1.29, 1.82) is 0 Å². The third-order valence-corrected chi connectivity index (χ3v) is 5.27. The van der Waals surface area contributed by atoms with Crippen molar-refractivity contribution >= 4 is 34.6 Å². The zero-order valence-electron chi connectivity index (χ0n) is 17.7. The number of rotatable bonds is 6. The largest absolute Gasteiger partial charge is 0.356 e. The first kappa shape index (κ1) is 21.2. The van der Waals surface area contributed by atoms with Crippen LogP contribution in [-0.2, 0) is 0 Å². The minimum Gasteiger partial charge on any atom is -0.356 e. The predicted octanol–water partition coefficient (Wildman–Crippen LogP) is 4.68. The van der Waals surface area contributed by atoms with Crippen LogP contribution in [0.5, 0.6) is 0 Å². The first-order valence-electron chi connectivity index (χ1n) is 10.5. The number of nitro groups is 1. The number of benzene rings is 2. The van der Waals surface area contributed by atoms with E-state index in [0.717, 1.165) is 24.6 Å². The molecule has 164 valence electrons. The van der Waals surface area contributed by atoms with Gasteiger partial charge >= 0.3 is 0 Å². The summed E-state index contributed by atoms with van der Waals surface area (Å²) in [5, 5.41) is 17.1. The number of amides is 1. The number of nitrogens with one attached hydrogen (secondary N) is 2. The average molecular weight is 432 g/mol. The molecule has 0 unspecified atom stereocenters. The van der Waals surface area contributed by atoms with Crippen LogP contribution in [-0.4, -0.2) is 33.9 Å². The first-order chi connectivity index (χ1) is 15.5. The summed E-state index contributed by atoms with van der Waals surface area (Å²) >= 11 is 0. The Morgan fingerprint density at radius 1 is 1.00 bits per heavy atom. The molecule has 2 aromatic carbocycles. The van der Waals surface area contributed by atoms with Crippen LogP contribution in [0.4, 0.5) is 28.7 Å². The number of para-hydroxylation sites is 1. The molecule has 1 amide bonds. The molecule has 1 saturated heterocycles. The predicted molar refractivity (Wildman–Crippen MR) is 124 cm³/mol. The maximum atomic E-state index is 12.5. The van der Waals surface area contributed by atoms with Crippen LogP contribution in [0.25, 0.3) is 0 Å². The van der Waals surface area contributed by atoms with Crippen LogP contribution < -0.4 is 15.5 Å². The topological polar surface area (TPSA) is 113 Å². The van der Waals surface area contributed by atoms with Gasteiger partial charge in [-0.05, 0) is 56.5 Å². The van der Waals surface area contributed by atoms with Gasteiger partial charge in [0.25, 0.3) is 11.6 Å². The van der Waals surface area contributed by atoms with Gasteiger partial charge in [-0.25, -0.2) is 9.97 Å².